The molecule has 0 bridgehead atoms. The first-order chi connectivity index (χ1) is 8.25. The fourth-order valence-electron chi connectivity index (χ4n) is 1.68. The minimum atomic E-state index is -3.69. The van der Waals surface area contributed by atoms with Gasteiger partial charge in [-0.1, -0.05) is 0 Å². The number of ether oxygens (including phenoxy) is 2. The van der Waals surface area contributed by atoms with Crippen molar-refractivity contribution in [3.05, 3.63) is 23.3 Å². The second-order valence-electron chi connectivity index (χ2n) is 4.31. The Labute approximate surface area is 108 Å². The first kappa shape index (κ1) is 14.9. The molecular weight excluding hydrogens is 254 g/mol. The average Bonchev–Trinajstić information content (AvgIpc) is 2.21. The van der Waals surface area contributed by atoms with Crippen molar-refractivity contribution >= 4 is 10.0 Å². The topological polar surface area (TPSA) is 78.6 Å². The van der Waals surface area contributed by atoms with Crippen LogP contribution >= 0.6 is 0 Å². The van der Waals surface area contributed by atoms with Crippen LogP contribution in [0.5, 0.6) is 5.75 Å². The summed E-state index contributed by atoms with van der Waals surface area (Å²) in [7, 11) is -2.09. The van der Waals surface area contributed by atoms with E-state index in [4.69, 9.17) is 14.6 Å². The molecule has 1 atom stereocenters. The van der Waals surface area contributed by atoms with E-state index in [9.17, 15) is 8.42 Å². The lowest BCUT2D eigenvalue weighted by atomic mass is 10.1. The third kappa shape index (κ3) is 3.69. The Morgan fingerprint density at radius 1 is 1.28 bits per heavy atom. The molecule has 0 fully saturated rings. The molecule has 1 aromatic rings. The van der Waals surface area contributed by atoms with E-state index in [1.165, 1.54) is 6.07 Å². The predicted molar refractivity (Wildman–Crippen MR) is 69.3 cm³/mol. The Bertz CT molecular complexity index is 525. The first-order valence-corrected chi connectivity index (χ1v) is 7.10. The molecule has 0 aromatic heterocycles. The molecule has 6 heteroatoms. The summed E-state index contributed by atoms with van der Waals surface area (Å²) < 4.78 is 33.4. The molecule has 0 heterocycles. The van der Waals surface area contributed by atoms with Crippen LogP contribution in [0.25, 0.3) is 0 Å². The van der Waals surface area contributed by atoms with Crippen molar-refractivity contribution in [1.29, 1.82) is 0 Å². The Hall–Kier alpha value is -1.11. The van der Waals surface area contributed by atoms with Gasteiger partial charge in [0.05, 0.1) is 11.5 Å². The number of benzene rings is 1. The number of sulfonamides is 1. The minimum Gasteiger partial charge on any atom is -0.488 e. The molecule has 1 rings (SSSR count). The zero-order valence-electron chi connectivity index (χ0n) is 11.1. The molecule has 1 aromatic carbocycles. The second-order valence-corrected chi connectivity index (χ2v) is 5.84. The molecular formula is C12H19NO4S. The van der Waals surface area contributed by atoms with Crippen LogP contribution in [0.1, 0.15) is 18.1 Å². The summed E-state index contributed by atoms with van der Waals surface area (Å²) in [5.74, 6) is 0.643. The minimum absolute atomic E-state index is 0.103. The number of primary sulfonamides is 1. The standard InChI is InChI=1S/C12H19NO4S/c1-8-6-12(18(13,14)15)9(2)5-11(8)17-10(3)7-16-4/h5-6,10H,7H2,1-4H3,(H2,13,14,15). The second kappa shape index (κ2) is 5.69. The van der Waals surface area contributed by atoms with Gasteiger partial charge in [-0.3, -0.25) is 0 Å². The highest BCUT2D eigenvalue weighted by atomic mass is 32.2. The van der Waals surface area contributed by atoms with Gasteiger partial charge in [0.25, 0.3) is 0 Å². The number of hydrogen-bond donors (Lipinski definition) is 1. The molecule has 2 N–H and O–H groups in total. The highest BCUT2D eigenvalue weighted by Gasteiger charge is 2.15. The van der Waals surface area contributed by atoms with Crippen LogP contribution in [0.2, 0.25) is 0 Å². The third-order valence-electron chi connectivity index (χ3n) is 2.51. The molecule has 102 valence electrons. The molecule has 0 saturated carbocycles. The molecule has 0 radical (unpaired) electrons. The Morgan fingerprint density at radius 3 is 2.39 bits per heavy atom. The molecule has 0 aliphatic heterocycles. The predicted octanol–water partition coefficient (Wildman–Crippen LogP) is 1.36. The Kier molecular flexibility index (Phi) is 4.72. The van der Waals surface area contributed by atoms with Crippen molar-refractivity contribution in [3.8, 4) is 5.75 Å². The molecule has 0 spiro atoms. The van der Waals surface area contributed by atoms with Crippen molar-refractivity contribution in [2.24, 2.45) is 5.14 Å². The number of hydrogen-bond acceptors (Lipinski definition) is 4. The van der Waals surface area contributed by atoms with Gasteiger partial charge in [-0.05, 0) is 44.0 Å². The van der Waals surface area contributed by atoms with Gasteiger partial charge in [0, 0.05) is 7.11 Å². The van der Waals surface area contributed by atoms with Gasteiger partial charge < -0.3 is 9.47 Å². The number of methoxy groups -OCH3 is 1. The SMILES string of the molecule is COCC(C)Oc1cc(C)c(S(N)(=O)=O)cc1C. The lowest BCUT2D eigenvalue weighted by molar-refractivity contribution is 0.0915. The van der Waals surface area contributed by atoms with E-state index < -0.39 is 10.0 Å². The lowest BCUT2D eigenvalue weighted by Gasteiger charge is -2.17. The molecule has 1 unspecified atom stereocenters. The zero-order valence-corrected chi connectivity index (χ0v) is 11.9. The highest BCUT2D eigenvalue weighted by molar-refractivity contribution is 7.89. The summed E-state index contributed by atoms with van der Waals surface area (Å²) in [6, 6.07) is 3.21. The van der Waals surface area contributed by atoms with Crippen LogP contribution in [0.4, 0.5) is 0 Å². The summed E-state index contributed by atoms with van der Waals surface area (Å²) >= 11 is 0. The van der Waals surface area contributed by atoms with Crippen LogP contribution in [-0.4, -0.2) is 28.2 Å². The van der Waals surface area contributed by atoms with Crippen molar-refractivity contribution < 1.29 is 17.9 Å². The monoisotopic (exact) mass is 273 g/mol. The smallest absolute Gasteiger partial charge is 0.238 e. The first-order valence-electron chi connectivity index (χ1n) is 5.55. The van der Waals surface area contributed by atoms with E-state index in [1.807, 2.05) is 6.92 Å². The van der Waals surface area contributed by atoms with Gasteiger partial charge in [0.1, 0.15) is 11.9 Å². The van der Waals surface area contributed by atoms with Gasteiger partial charge in [0.2, 0.25) is 10.0 Å². The fourth-order valence-corrected chi connectivity index (χ4v) is 2.53. The average molecular weight is 273 g/mol. The van der Waals surface area contributed by atoms with E-state index in [1.54, 1.807) is 27.0 Å². The van der Waals surface area contributed by atoms with Gasteiger partial charge in [-0.2, -0.15) is 0 Å². The number of nitrogens with two attached hydrogens (primary N) is 1. The zero-order chi connectivity index (χ0) is 13.9. The maximum absolute atomic E-state index is 11.4. The molecule has 18 heavy (non-hydrogen) atoms. The Morgan fingerprint density at radius 2 is 1.89 bits per heavy atom. The largest absolute Gasteiger partial charge is 0.488 e. The van der Waals surface area contributed by atoms with Crippen molar-refractivity contribution in [2.45, 2.75) is 31.8 Å². The molecule has 5 nitrogen and oxygen atoms in total. The Balaban J connectivity index is 3.08. The summed E-state index contributed by atoms with van der Waals surface area (Å²) in [6.07, 6.45) is -0.103. The van der Waals surface area contributed by atoms with Crippen LogP contribution in [0.3, 0.4) is 0 Å². The van der Waals surface area contributed by atoms with E-state index in [-0.39, 0.29) is 11.0 Å². The lowest BCUT2D eigenvalue weighted by Crippen LogP contribution is -2.19. The normalized spacial score (nSPS) is 13.4. The van der Waals surface area contributed by atoms with E-state index in [0.717, 1.165) is 5.56 Å². The van der Waals surface area contributed by atoms with Crippen LogP contribution in [0.15, 0.2) is 17.0 Å². The fraction of sp³-hybridized carbons (Fsp3) is 0.500. The van der Waals surface area contributed by atoms with E-state index >= 15 is 0 Å². The highest BCUT2D eigenvalue weighted by Crippen LogP contribution is 2.26. The summed E-state index contributed by atoms with van der Waals surface area (Å²) in [5.41, 5.74) is 1.30. The molecule has 0 amide bonds. The van der Waals surface area contributed by atoms with Crippen LogP contribution in [0, 0.1) is 13.8 Å². The summed E-state index contributed by atoms with van der Waals surface area (Å²) in [6.45, 7) is 5.82. The quantitative estimate of drug-likeness (QED) is 0.878. The van der Waals surface area contributed by atoms with Gasteiger partial charge in [-0.25, -0.2) is 13.6 Å². The number of aryl methyl sites for hydroxylation is 2. The maximum atomic E-state index is 11.4. The van der Waals surface area contributed by atoms with E-state index in [2.05, 4.69) is 0 Å². The van der Waals surface area contributed by atoms with Crippen LogP contribution < -0.4 is 9.88 Å². The van der Waals surface area contributed by atoms with Crippen molar-refractivity contribution in [1.82, 2.24) is 0 Å². The van der Waals surface area contributed by atoms with Crippen molar-refractivity contribution in [3.63, 3.8) is 0 Å². The summed E-state index contributed by atoms with van der Waals surface area (Å²) in [5, 5.41) is 5.14. The van der Waals surface area contributed by atoms with Gasteiger partial charge in [-0.15, -0.1) is 0 Å². The molecule has 0 saturated heterocycles. The summed E-state index contributed by atoms with van der Waals surface area (Å²) in [4.78, 5) is 0.131. The number of rotatable bonds is 5. The van der Waals surface area contributed by atoms with Crippen molar-refractivity contribution in [2.75, 3.05) is 13.7 Å². The van der Waals surface area contributed by atoms with Gasteiger partial charge in [0.15, 0.2) is 0 Å². The maximum Gasteiger partial charge on any atom is 0.238 e. The third-order valence-corrected chi connectivity index (χ3v) is 3.56. The molecule has 0 aliphatic carbocycles. The van der Waals surface area contributed by atoms with Gasteiger partial charge >= 0.3 is 0 Å². The van der Waals surface area contributed by atoms with Crippen LogP contribution in [-0.2, 0) is 14.8 Å². The van der Waals surface area contributed by atoms with E-state index in [0.29, 0.717) is 17.9 Å². The molecule has 0 aliphatic rings.